The molecule has 1 aromatic rings. The second kappa shape index (κ2) is 6.46. The highest BCUT2D eigenvalue weighted by Gasteiger charge is 2.13. The summed E-state index contributed by atoms with van der Waals surface area (Å²) < 4.78 is 0. The van der Waals surface area contributed by atoms with Crippen LogP contribution in [0.25, 0.3) is 6.08 Å². The lowest BCUT2D eigenvalue weighted by Gasteiger charge is -2.28. The number of rotatable bonds is 5. The molecular weight excluding hydrogens is 242 g/mol. The van der Waals surface area contributed by atoms with Gasteiger partial charge in [-0.2, -0.15) is 0 Å². The van der Waals surface area contributed by atoms with Gasteiger partial charge >= 0.3 is 0 Å². The Morgan fingerprint density at radius 3 is 2.22 bits per heavy atom. The largest absolute Gasteiger partial charge is 0.344 e. The Balaban J connectivity index is 3.01. The molecule has 0 bridgehead atoms. The Kier molecular flexibility index (Phi) is 5.24. The molecule has 1 aromatic carbocycles. The van der Waals surface area contributed by atoms with Crippen LogP contribution in [0.3, 0.4) is 0 Å². The molecule has 0 radical (unpaired) electrons. The van der Waals surface area contributed by atoms with Crippen molar-refractivity contribution < 1.29 is 0 Å². The average Bonchev–Trinajstić information content (AvgIpc) is 2.34. The summed E-state index contributed by atoms with van der Waals surface area (Å²) in [4.78, 5) is 2.07. The Morgan fingerprint density at radius 2 is 1.83 bits per heavy atom. The van der Waals surface area contributed by atoms with E-state index in [0.29, 0.717) is 0 Å². The summed E-state index contributed by atoms with van der Waals surface area (Å²) in [6.45, 7) is 13.7. The molecule has 1 rings (SSSR count). The lowest BCUT2D eigenvalue weighted by molar-refractivity contribution is 0.371. The molecule has 0 fully saturated rings. The van der Waals surface area contributed by atoms with Gasteiger partial charge in [-0.25, -0.2) is 0 Å². The molecule has 2 heteroatoms. The first-order valence-corrected chi connectivity index (χ1v) is 6.33. The summed E-state index contributed by atoms with van der Waals surface area (Å²) in [6, 6.07) is 8.54. The smallest absolute Gasteiger partial charge is 0.0554 e. The SMILES string of the molecule is C=Cc1ccc(C(C)N(/C=C(\C)Cl)C(=C)C)cc1. The van der Waals surface area contributed by atoms with Crippen molar-refractivity contribution in [1.82, 2.24) is 4.90 Å². The molecule has 0 spiro atoms. The zero-order valence-corrected chi connectivity index (χ0v) is 12.0. The minimum absolute atomic E-state index is 0.204. The molecule has 0 aliphatic carbocycles. The number of halogens is 1. The molecule has 0 aromatic heterocycles. The number of hydrogen-bond acceptors (Lipinski definition) is 1. The topological polar surface area (TPSA) is 3.24 Å². The Hall–Kier alpha value is -1.47. The van der Waals surface area contributed by atoms with E-state index in [1.165, 1.54) is 5.56 Å². The fourth-order valence-corrected chi connectivity index (χ4v) is 1.92. The third-order valence-electron chi connectivity index (χ3n) is 2.83. The van der Waals surface area contributed by atoms with Crippen molar-refractivity contribution in [3.63, 3.8) is 0 Å². The highest BCUT2D eigenvalue weighted by molar-refractivity contribution is 6.29. The third-order valence-corrected chi connectivity index (χ3v) is 2.93. The van der Waals surface area contributed by atoms with Gasteiger partial charge in [0.2, 0.25) is 0 Å². The molecule has 0 amide bonds. The average molecular weight is 262 g/mol. The van der Waals surface area contributed by atoms with Crippen molar-refractivity contribution in [3.8, 4) is 0 Å². The van der Waals surface area contributed by atoms with Crippen LogP contribution in [0, 0.1) is 0 Å². The molecule has 1 unspecified atom stereocenters. The van der Waals surface area contributed by atoms with Crippen molar-refractivity contribution in [2.24, 2.45) is 0 Å². The van der Waals surface area contributed by atoms with Crippen molar-refractivity contribution in [2.75, 3.05) is 0 Å². The van der Waals surface area contributed by atoms with Crippen molar-refractivity contribution in [1.29, 1.82) is 0 Å². The molecule has 96 valence electrons. The standard InChI is InChI=1S/C16H20ClN/c1-6-15-7-9-16(10-8-15)14(5)18(12(2)3)11-13(4)17/h6-11,14H,1-2H2,3-5H3/b13-11+. The third kappa shape index (κ3) is 3.78. The molecule has 0 saturated heterocycles. The summed E-state index contributed by atoms with van der Waals surface area (Å²) in [6.07, 6.45) is 3.75. The Labute approximate surface area is 115 Å². The van der Waals surface area contributed by atoms with E-state index < -0.39 is 0 Å². The normalized spacial score (nSPS) is 13.0. The van der Waals surface area contributed by atoms with Gasteiger partial charge in [-0.1, -0.05) is 55.1 Å². The predicted molar refractivity (Wildman–Crippen MR) is 81.2 cm³/mol. The van der Waals surface area contributed by atoms with E-state index in [1.54, 1.807) is 0 Å². The van der Waals surface area contributed by atoms with Gasteiger partial charge < -0.3 is 4.90 Å². The zero-order chi connectivity index (χ0) is 13.7. The van der Waals surface area contributed by atoms with E-state index in [-0.39, 0.29) is 6.04 Å². The van der Waals surface area contributed by atoms with Crippen molar-refractivity contribution in [2.45, 2.75) is 26.8 Å². The van der Waals surface area contributed by atoms with E-state index in [0.717, 1.165) is 16.3 Å². The molecule has 0 aliphatic heterocycles. The van der Waals surface area contributed by atoms with E-state index in [1.807, 2.05) is 26.1 Å². The second-order valence-corrected chi connectivity index (χ2v) is 5.00. The van der Waals surface area contributed by atoms with Crippen LogP contribution < -0.4 is 0 Å². The monoisotopic (exact) mass is 261 g/mol. The van der Waals surface area contributed by atoms with E-state index in [2.05, 4.69) is 49.2 Å². The summed E-state index contributed by atoms with van der Waals surface area (Å²) in [5.41, 5.74) is 3.31. The van der Waals surface area contributed by atoms with Crippen molar-refractivity contribution in [3.05, 3.63) is 65.5 Å². The van der Waals surface area contributed by atoms with Gasteiger partial charge in [-0.15, -0.1) is 0 Å². The molecule has 0 heterocycles. The first-order valence-electron chi connectivity index (χ1n) is 5.96. The molecule has 18 heavy (non-hydrogen) atoms. The van der Waals surface area contributed by atoms with Gasteiger partial charge in [-0.3, -0.25) is 0 Å². The van der Waals surface area contributed by atoms with Crippen LogP contribution in [0.1, 0.15) is 37.9 Å². The number of nitrogens with zero attached hydrogens (tertiary/aromatic N) is 1. The zero-order valence-electron chi connectivity index (χ0n) is 11.3. The van der Waals surface area contributed by atoms with Crippen LogP contribution in [-0.4, -0.2) is 4.90 Å². The first-order chi connectivity index (χ1) is 8.45. The lowest BCUT2D eigenvalue weighted by atomic mass is 10.0. The lowest BCUT2D eigenvalue weighted by Crippen LogP contribution is -2.19. The maximum absolute atomic E-state index is 5.96. The van der Waals surface area contributed by atoms with Crippen LogP contribution in [0.15, 0.2) is 54.4 Å². The van der Waals surface area contributed by atoms with Crippen molar-refractivity contribution >= 4 is 17.7 Å². The van der Waals surface area contributed by atoms with E-state index in [4.69, 9.17) is 11.6 Å². The Morgan fingerprint density at radius 1 is 1.28 bits per heavy atom. The first kappa shape index (κ1) is 14.6. The molecule has 1 nitrogen and oxygen atoms in total. The fourth-order valence-electron chi connectivity index (χ4n) is 1.82. The maximum atomic E-state index is 5.96. The van der Waals surface area contributed by atoms with E-state index >= 15 is 0 Å². The van der Waals surface area contributed by atoms with Crippen LogP contribution in [-0.2, 0) is 0 Å². The van der Waals surface area contributed by atoms with E-state index in [9.17, 15) is 0 Å². The van der Waals surface area contributed by atoms with Crippen LogP contribution in [0.5, 0.6) is 0 Å². The predicted octanol–water partition coefficient (Wildman–Crippen LogP) is 5.33. The van der Waals surface area contributed by atoms with Gasteiger partial charge in [0.1, 0.15) is 0 Å². The van der Waals surface area contributed by atoms with Gasteiger partial charge in [-0.05, 0) is 31.9 Å². The van der Waals surface area contributed by atoms with Crippen LogP contribution in [0.2, 0.25) is 0 Å². The fraction of sp³-hybridized carbons (Fsp3) is 0.250. The molecule has 0 N–H and O–H groups in total. The number of hydrogen-bond donors (Lipinski definition) is 0. The van der Waals surface area contributed by atoms with Crippen LogP contribution >= 0.6 is 11.6 Å². The maximum Gasteiger partial charge on any atom is 0.0554 e. The molecule has 1 atom stereocenters. The highest BCUT2D eigenvalue weighted by atomic mass is 35.5. The van der Waals surface area contributed by atoms with Gasteiger partial charge in [0.15, 0.2) is 0 Å². The van der Waals surface area contributed by atoms with Crippen LogP contribution in [0.4, 0.5) is 0 Å². The molecular formula is C16H20ClN. The minimum atomic E-state index is 0.204. The Bertz CT molecular complexity index is 452. The second-order valence-electron chi connectivity index (χ2n) is 4.41. The summed E-state index contributed by atoms with van der Waals surface area (Å²) >= 11 is 5.96. The summed E-state index contributed by atoms with van der Waals surface area (Å²) in [7, 11) is 0. The minimum Gasteiger partial charge on any atom is -0.344 e. The van der Waals surface area contributed by atoms with Gasteiger partial charge in [0.25, 0.3) is 0 Å². The van der Waals surface area contributed by atoms with Gasteiger partial charge in [0, 0.05) is 16.9 Å². The quantitative estimate of drug-likeness (QED) is 0.693. The number of allylic oxidation sites excluding steroid dienone is 2. The highest BCUT2D eigenvalue weighted by Crippen LogP contribution is 2.25. The molecule has 0 aliphatic rings. The summed E-state index contributed by atoms with van der Waals surface area (Å²) in [5.74, 6) is 0. The number of benzene rings is 1. The van der Waals surface area contributed by atoms with Gasteiger partial charge in [0.05, 0.1) is 6.04 Å². The summed E-state index contributed by atoms with van der Waals surface area (Å²) in [5, 5.41) is 0.743. The molecule has 0 saturated carbocycles.